The number of benzene rings is 2. The van der Waals surface area contributed by atoms with Crippen molar-refractivity contribution < 1.29 is 36.7 Å². The molecule has 1 amide bonds. The van der Waals surface area contributed by atoms with E-state index in [1.807, 2.05) is 5.48 Å². The average Bonchev–Trinajstić information content (AvgIpc) is 3.02. The van der Waals surface area contributed by atoms with Crippen molar-refractivity contribution in [1.29, 1.82) is 0 Å². The van der Waals surface area contributed by atoms with Crippen molar-refractivity contribution in [2.75, 3.05) is 0 Å². The molecule has 0 saturated heterocycles. The lowest BCUT2D eigenvalue weighted by Gasteiger charge is -2.39. The molecule has 0 spiro atoms. The van der Waals surface area contributed by atoms with E-state index in [-0.39, 0.29) is 29.3 Å². The minimum atomic E-state index is -5.82. The van der Waals surface area contributed by atoms with Gasteiger partial charge in [0.15, 0.2) is 0 Å². The Hall–Kier alpha value is -3.14. The minimum absolute atomic E-state index is 0.0164. The topological polar surface area (TPSA) is 61.8 Å². The molecule has 0 radical (unpaired) electrons. The summed E-state index contributed by atoms with van der Waals surface area (Å²) in [7, 11) is 0. The summed E-state index contributed by atoms with van der Waals surface area (Å²) < 4.78 is 73.8. The number of nitrogens with one attached hydrogen (secondary N) is 1. The largest absolute Gasteiger partial charge is 0.481 e. The molecule has 2 heterocycles. The lowest BCUT2D eigenvalue weighted by Crippen LogP contribution is -2.44. The van der Waals surface area contributed by atoms with Gasteiger partial charge >= 0.3 is 12.1 Å². The van der Waals surface area contributed by atoms with Crippen LogP contribution in [-0.2, 0) is 12.5 Å². The molecule has 2 aromatic carbocycles. The van der Waals surface area contributed by atoms with E-state index in [2.05, 4.69) is 0 Å². The van der Waals surface area contributed by atoms with Gasteiger partial charge in [-0.3, -0.25) is 15.5 Å². The molecule has 4 rings (SSSR count). The van der Waals surface area contributed by atoms with Crippen LogP contribution in [0.15, 0.2) is 42.1 Å². The number of hydroxylamine groups is 1. The van der Waals surface area contributed by atoms with Crippen LogP contribution in [-0.4, -0.2) is 27.8 Å². The number of halogens is 5. The van der Waals surface area contributed by atoms with Crippen LogP contribution >= 0.6 is 0 Å². The summed E-state index contributed by atoms with van der Waals surface area (Å²) in [5, 5.41) is 9.88. The van der Waals surface area contributed by atoms with Crippen molar-refractivity contribution in [2.24, 2.45) is 0 Å². The number of alkyl halides is 5. The molecule has 0 fully saturated rings. The third-order valence-corrected chi connectivity index (χ3v) is 5.76. The Kier molecular flexibility index (Phi) is 4.78. The van der Waals surface area contributed by atoms with Gasteiger partial charge in [0, 0.05) is 16.7 Å². The van der Waals surface area contributed by atoms with Gasteiger partial charge in [-0.15, -0.1) is 0 Å². The molecule has 170 valence electrons. The second-order valence-corrected chi connectivity index (χ2v) is 8.18. The Morgan fingerprint density at radius 3 is 2.34 bits per heavy atom. The van der Waals surface area contributed by atoms with Crippen LogP contribution < -0.4 is 10.2 Å². The molecule has 0 aliphatic carbocycles. The normalized spacial score (nSPS) is 17.8. The standard InChI is InChI=1S/C22H19F5N2O3/c1-11-14(21(23,24)22(25,26)27)8-9-15-16(11)17(18(28-31)20(2,3)32-15)29-10-12-6-4-5-7-13(12)19(29)30/h4-9,28,31H,10H2,1-3H3. The third kappa shape index (κ3) is 3.04. The summed E-state index contributed by atoms with van der Waals surface area (Å²) in [4.78, 5) is 14.4. The van der Waals surface area contributed by atoms with Crippen LogP contribution in [0.4, 0.5) is 22.0 Å². The fourth-order valence-electron chi connectivity index (χ4n) is 4.19. The fourth-order valence-corrected chi connectivity index (χ4v) is 4.19. The Morgan fingerprint density at radius 1 is 1.09 bits per heavy atom. The molecule has 2 aliphatic rings. The van der Waals surface area contributed by atoms with E-state index in [0.717, 1.165) is 13.0 Å². The van der Waals surface area contributed by atoms with Gasteiger partial charge in [0.2, 0.25) is 0 Å². The van der Waals surface area contributed by atoms with E-state index in [9.17, 15) is 32.0 Å². The maximum absolute atomic E-state index is 14.3. The first-order valence-electron chi connectivity index (χ1n) is 9.64. The van der Waals surface area contributed by atoms with Gasteiger partial charge < -0.3 is 9.64 Å². The number of amides is 1. The molecule has 0 unspecified atom stereocenters. The van der Waals surface area contributed by atoms with Crippen LogP contribution in [0.3, 0.4) is 0 Å². The van der Waals surface area contributed by atoms with Gasteiger partial charge in [-0.1, -0.05) is 18.2 Å². The highest BCUT2D eigenvalue weighted by atomic mass is 19.4. The highest BCUT2D eigenvalue weighted by Crippen LogP contribution is 2.51. The predicted molar refractivity (Wildman–Crippen MR) is 104 cm³/mol. The van der Waals surface area contributed by atoms with E-state index in [1.165, 1.54) is 4.90 Å². The molecule has 0 bridgehead atoms. The van der Waals surface area contributed by atoms with Crippen molar-refractivity contribution in [3.63, 3.8) is 0 Å². The lowest BCUT2D eigenvalue weighted by atomic mass is 9.88. The van der Waals surface area contributed by atoms with Gasteiger partial charge in [0.1, 0.15) is 17.0 Å². The third-order valence-electron chi connectivity index (χ3n) is 5.76. The summed E-state index contributed by atoms with van der Waals surface area (Å²) in [5.41, 5.74) is -0.0864. The lowest BCUT2D eigenvalue weighted by molar-refractivity contribution is -0.289. The molecular formula is C22H19F5N2O3. The quantitative estimate of drug-likeness (QED) is 0.499. The smallest absolute Gasteiger partial charge is 0.458 e. The summed E-state index contributed by atoms with van der Waals surface area (Å²) in [6.07, 6.45) is -5.82. The summed E-state index contributed by atoms with van der Waals surface area (Å²) in [6, 6.07) is 8.40. The highest BCUT2D eigenvalue weighted by Gasteiger charge is 2.60. The van der Waals surface area contributed by atoms with Crippen LogP contribution in [0.1, 0.15) is 46.5 Å². The first kappa shape index (κ1) is 22.1. The van der Waals surface area contributed by atoms with Crippen molar-refractivity contribution >= 4 is 11.6 Å². The van der Waals surface area contributed by atoms with Crippen molar-refractivity contribution in [2.45, 2.75) is 45.0 Å². The van der Waals surface area contributed by atoms with Crippen molar-refractivity contribution in [1.82, 2.24) is 10.4 Å². The summed E-state index contributed by atoms with van der Waals surface area (Å²) >= 11 is 0. The molecule has 2 aromatic rings. The van der Waals surface area contributed by atoms with Crippen molar-refractivity contribution in [3.05, 3.63) is 69.9 Å². The van der Waals surface area contributed by atoms with E-state index >= 15 is 0 Å². The zero-order valence-electron chi connectivity index (χ0n) is 17.3. The van der Waals surface area contributed by atoms with E-state index in [0.29, 0.717) is 17.2 Å². The zero-order chi connectivity index (χ0) is 23.6. The number of hydrogen-bond acceptors (Lipinski definition) is 4. The second kappa shape index (κ2) is 6.93. The first-order chi connectivity index (χ1) is 14.8. The van der Waals surface area contributed by atoms with E-state index < -0.39 is 34.7 Å². The van der Waals surface area contributed by atoms with Crippen LogP contribution in [0.2, 0.25) is 0 Å². The summed E-state index contributed by atoms with van der Waals surface area (Å²) in [5.74, 6) is -5.58. The number of nitrogens with zero attached hydrogens (tertiary/aromatic N) is 1. The Bertz CT molecular complexity index is 1150. The van der Waals surface area contributed by atoms with Gasteiger partial charge in [0.25, 0.3) is 5.91 Å². The second-order valence-electron chi connectivity index (χ2n) is 8.18. The van der Waals surface area contributed by atoms with Crippen LogP contribution in [0, 0.1) is 6.92 Å². The molecular weight excluding hydrogens is 435 g/mol. The average molecular weight is 454 g/mol. The van der Waals surface area contributed by atoms with Crippen LogP contribution in [0.25, 0.3) is 5.70 Å². The van der Waals surface area contributed by atoms with Crippen molar-refractivity contribution in [3.8, 4) is 5.75 Å². The maximum Gasteiger partial charge on any atom is 0.458 e. The number of rotatable bonds is 3. The number of fused-ring (bicyclic) bond motifs is 2. The molecule has 0 saturated carbocycles. The molecule has 0 atom stereocenters. The summed E-state index contributed by atoms with van der Waals surface area (Å²) in [6.45, 7) is 4.29. The van der Waals surface area contributed by atoms with Gasteiger partial charge in [0.05, 0.1) is 12.2 Å². The predicted octanol–water partition coefficient (Wildman–Crippen LogP) is 5.12. The molecule has 0 aromatic heterocycles. The molecule has 2 aliphatic heterocycles. The number of carbonyl (C=O) groups is 1. The van der Waals surface area contributed by atoms with Gasteiger partial charge in [-0.05, 0) is 50.1 Å². The Balaban J connectivity index is 1.99. The SMILES string of the molecule is Cc1c(C(F)(F)C(F)(F)F)ccc2c1C(N1Cc3ccccc3C1=O)=C(NO)C(C)(C)O2. The Labute approximate surface area is 180 Å². The maximum atomic E-state index is 14.3. The van der Waals surface area contributed by atoms with Gasteiger partial charge in [-0.25, -0.2) is 0 Å². The van der Waals surface area contributed by atoms with E-state index in [1.54, 1.807) is 38.1 Å². The molecule has 32 heavy (non-hydrogen) atoms. The molecule has 10 heteroatoms. The van der Waals surface area contributed by atoms with Crippen LogP contribution in [0.5, 0.6) is 5.75 Å². The molecule has 2 N–H and O–H groups in total. The van der Waals surface area contributed by atoms with Gasteiger partial charge in [-0.2, -0.15) is 22.0 Å². The zero-order valence-corrected chi connectivity index (χ0v) is 17.3. The monoisotopic (exact) mass is 454 g/mol. The molecule has 5 nitrogen and oxygen atoms in total. The number of carbonyl (C=O) groups excluding carboxylic acids is 1. The first-order valence-corrected chi connectivity index (χ1v) is 9.64. The highest BCUT2D eigenvalue weighted by molar-refractivity contribution is 6.04. The number of ether oxygens (including phenoxy) is 1. The fraction of sp³-hybridized carbons (Fsp3) is 0.318. The Morgan fingerprint density at radius 2 is 1.75 bits per heavy atom. The van der Waals surface area contributed by atoms with E-state index in [4.69, 9.17) is 4.74 Å². The minimum Gasteiger partial charge on any atom is -0.481 e. The number of hydrogen-bond donors (Lipinski definition) is 2.